The number of nitro groups is 1. The van der Waals surface area contributed by atoms with Crippen molar-refractivity contribution in [3.63, 3.8) is 0 Å². The maximum Gasteiger partial charge on any atom is 0.294 e. The van der Waals surface area contributed by atoms with Gasteiger partial charge in [0.2, 0.25) is 11.9 Å². The first-order valence-electron chi connectivity index (χ1n) is 12.1. The van der Waals surface area contributed by atoms with Gasteiger partial charge in [0, 0.05) is 42.5 Å². The van der Waals surface area contributed by atoms with Crippen LogP contribution in [0, 0.1) is 15.9 Å². The van der Waals surface area contributed by atoms with E-state index in [1.165, 1.54) is 39.4 Å². The molecule has 0 unspecified atom stereocenters. The van der Waals surface area contributed by atoms with Gasteiger partial charge in [-0.3, -0.25) is 10.1 Å². The van der Waals surface area contributed by atoms with Crippen molar-refractivity contribution in [1.82, 2.24) is 19.9 Å². The van der Waals surface area contributed by atoms with E-state index in [4.69, 9.17) is 16.3 Å². The SMILES string of the molecule is COc1cc(N2CC[C@@H]2CN(C)C)c([N+](=O)[O-])cc1Nc1ncnc(Nc2cc(Cl)c(F)cc2C(C)(C)O)n1. The fourth-order valence-corrected chi connectivity index (χ4v) is 4.55. The Morgan fingerprint density at radius 1 is 1.23 bits per heavy atom. The second-order valence-electron chi connectivity index (χ2n) is 9.95. The highest BCUT2D eigenvalue weighted by Crippen LogP contribution is 2.42. The molecule has 0 aliphatic carbocycles. The molecule has 0 spiro atoms. The van der Waals surface area contributed by atoms with Crippen LogP contribution in [0.2, 0.25) is 5.02 Å². The third kappa shape index (κ3) is 6.27. The maximum absolute atomic E-state index is 14.1. The van der Waals surface area contributed by atoms with Gasteiger partial charge in [-0.15, -0.1) is 0 Å². The number of likely N-dealkylation sites (N-methyl/N-ethyl adjacent to an activating group) is 1. The number of halogens is 2. The molecule has 3 N–H and O–H groups in total. The van der Waals surface area contributed by atoms with E-state index < -0.39 is 16.3 Å². The molecule has 4 rings (SSSR count). The smallest absolute Gasteiger partial charge is 0.294 e. The molecule has 1 aromatic heterocycles. The first-order chi connectivity index (χ1) is 18.4. The Kier molecular flexibility index (Phi) is 8.04. The minimum atomic E-state index is -1.39. The topological polar surface area (TPSA) is 142 Å². The molecule has 0 amide bonds. The summed E-state index contributed by atoms with van der Waals surface area (Å²) in [7, 11) is 5.40. The fourth-order valence-electron chi connectivity index (χ4n) is 4.38. The summed E-state index contributed by atoms with van der Waals surface area (Å²) in [4.78, 5) is 28.1. The van der Waals surface area contributed by atoms with Crippen LogP contribution in [0.4, 0.5) is 39.0 Å². The van der Waals surface area contributed by atoms with Crippen molar-refractivity contribution in [2.24, 2.45) is 0 Å². The van der Waals surface area contributed by atoms with Crippen LogP contribution in [0.5, 0.6) is 5.75 Å². The van der Waals surface area contributed by atoms with E-state index in [9.17, 15) is 19.6 Å². The van der Waals surface area contributed by atoms with E-state index in [1.807, 2.05) is 23.9 Å². The molecule has 208 valence electrons. The number of anilines is 5. The van der Waals surface area contributed by atoms with Crippen LogP contribution >= 0.6 is 11.6 Å². The number of methoxy groups -OCH3 is 1. The zero-order chi connectivity index (χ0) is 28.5. The van der Waals surface area contributed by atoms with E-state index in [0.29, 0.717) is 23.7 Å². The van der Waals surface area contributed by atoms with Gasteiger partial charge in [0.05, 0.1) is 28.3 Å². The van der Waals surface area contributed by atoms with Crippen LogP contribution in [-0.2, 0) is 5.60 Å². The molecular formula is C25H30ClFN8O4. The highest BCUT2D eigenvalue weighted by molar-refractivity contribution is 6.31. The Morgan fingerprint density at radius 3 is 2.44 bits per heavy atom. The lowest BCUT2D eigenvalue weighted by molar-refractivity contribution is -0.384. The van der Waals surface area contributed by atoms with E-state index in [2.05, 4.69) is 25.6 Å². The average molecular weight is 561 g/mol. The monoisotopic (exact) mass is 560 g/mol. The molecule has 1 aliphatic heterocycles. The number of aromatic nitrogens is 3. The van der Waals surface area contributed by atoms with Crippen molar-refractivity contribution in [2.75, 3.05) is 49.8 Å². The van der Waals surface area contributed by atoms with Gasteiger partial charge in [-0.25, -0.2) is 14.4 Å². The van der Waals surface area contributed by atoms with E-state index in [-0.39, 0.29) is 39.9 Å². The number of hydrogen-bond donors (Lipinski definition) is 3. The van der Waals surface area contributed by atoms with Crippen LogP contribution in [0.15, 0.2) is 30.6 Å². The molecule has 0 bridgehead atoms. The van der Waals surface area contributed by atoms with Crippen LogP contribution in [0.1, 0.15) is 25.8 Å². The standard InChI is InChI=1S/C25H30ClFN8O4/c1-25(2,36)15-8-17(27)16(26)9-18(15)30-23-28-13-29-24(32-23)31-19-10-21(35(37)38)20(11-22(19)39-5)34-7-6-14(34)12-33(3)4/h8-11,13-14,36H,6-7,12H2,1-5H3,(H2,28,29,30,31,32)/t14-/m1/s1. The summed E-state index contributed by atoms with van der Waals surface area (Å²) in [6.07, 6.45) is 2.17. The lowest BCUT2D eigenvalue weighted by atomic mass is 9.96. The largest absolute Gasteiger partial charge is 0.494 e. The summed E-state index contributed by atoms with van der Waals surface area (Å²) >= 11 is 5.96. The van der Waals surface area contributed by atoms with E-state index in [0.717, 1.165) is 19.0 Å². The zero-order valence-electron chi connectivity index (χ0n) is 22.2. The van der Waals surface area contributed by atoms with Gasteiger partial charge in [-0.2, -0.15) is 4.98 Å². The Labute approximate surface area is 229 Å². The first kappa shape index (κ1) is 28.2. The first-order valence-corrected chi connectivity index (χ1v) is 12.5. The molecule has 0 saturated carbocycles. The van der Waals surface area contributed by atoms with Gasteiger partial charge >= 0.3 is 0 Å². The number of nitrogens with one attached hydrogen (secondary N) is 2. The Hall–Kier alpha value is -3.81. The minimum Gasteiger partial charge on any atom is -0.494 e. The van der Waals surface area contributed by atoms with Gasteiger partial charge in [-0.05, 0) is 46.5 Å². The summed E-state index contributed by atoms with van der Waals surface area (Å²) in [5, 5.41) is 28.2. The van der Waals surface area contributed by atoms with Crippen LogP contribution in [-0.4, -0.2) is 70.2 Å². The number of hydrogen-bond acceptors (Lipinski definition) is 11. The van der Waals surface area contributed by atoms with Gasteiger partial charge in [0.1, 0.15) is 23.6 Å². The normalized spacial score (nSPS) is 15.2. The fraction of sp³-hybridized carbons (Fsp3) is 0.400. The summed E-state index contributed by atoms with van der Waals surface area (Å²) < 4.78 is 19.6. The molecule has 1 aliphatic rings. The highest BCUT2D eigenvalue weighted by atomic mass is 35.5. The van der Waals surface area contributed by atoms with Crippen LogP contribution in [0.3, 0.4) is 0 Å². The number of benzene rings is 2. The predicted octanol–water partition coefficient (Wildman–Crippen LogP) is 4.44. The Morgan fingerprint density at radius 2 is 1.90 bits per heavy atom. The van der Waals surface area contributed by atoms with Gasteiger partial charge in [0.15, 0.2) is 0 Å². The molecule has 2 aromatic carbocycles. The van der Waals surface area contributed by atoms with Gasteiger partial charge in [-0.1, -0.05) is 11.6 Å². The molecule has 14 heteroatoms. The molecule has 1 saturated heterocycles. The van der Waals surface area contributed by atoms with Crippen molar-refractivity contribution >= 4 is 46.2 Å². The number of aliphatic hydroxyl groups is 1. The molecule has 2 heterocycles. The maximum atomic E-state index is 14.1. The third-order valence-electron chi connectivity index (χ3n) is 6.31. The average Bonchev–Trinajstić information content (AvgIpc) is 2.84. The predicted molar refractivity (Wildman–Crippen MR) is 147 cm³/mol. The van der Waals surface area contributed by atoms with Crippen LogP contribution < -0.4 is 20.3 Å². The lowest BCUT2D eigenvalue weighted by Crippen LogP contribution is -2.52. The molecule has 1 atom stereocenters. The summed E-state index contributed by atoms with van der Waals surface area (Å²) in [5.41, 5.74) is -0.165. The van der Waals surface area contributed by atoms with Crippen molar-refractivity contribution in [1.29, 1.82) is 0 Å². The number of ether oxygens (including phenoxy) is 1. The number of rotatable bonds is 10. The van der Waals surface area contributed by atoms with Crippen molar-refractivity contribution < 1.29 is 19.2 Å². The number of nitro benzene ring substituents is 1. The highest BCUT2D eigenvalue weighted by Gasteiger charge is 2.34. The number of nitrogens with zero attached hydrogens (tertiary/aromatic N) is 6. The third-order valence-corrected chi connectivity index (χ3v) is 6.60. The second kappa shape index (κ2) is 11.1. The molecular weight excluding hydrogens is 531 g/mol. The lowest BCUT2D eigenvalue weighted by Gasteiger charge is -2.43. The quantitative estimate of drug-likeness (QED) is 0.239. The molecule has 39 heavy (non-hydrogen) atoms. The molecule has 0 radical (unpaired) electrons. The van der Waals surface area contributed by atoms with E-state index >= 15 is 0 Å². The minimum absolute atomic E-state index is 0.0675. The Bertz CT molecular complexity index is 1380. The summed E-state index contributed by atoms with van der Waals surface area (Å²) in [5.74, 6) is -0.172. The molecule has 12 nitrogen and oxygen atoms in total. The van der Waals surface area contributed by atoms with Crippen molar-refractivity contribution in [2.45, 2.75) is 31.9 Å². The summed E-state index contributed by atoms with van der Waals surface area (Å²) in [6.45, 7) is 4.49. The van der Waals surface area contributed by atoms with E-state index in [1.54, 1.807) is 6.07 Å². The molecule has 3 aromatic rings. The summed E-state index contributed by atoms with van der Waals surface area (Å²) in [6, 6.07) is 5.65. The molecule has 1 fully saturated rings. The van der Waals surface area contributed by atoms with Crippen LogP contribution in [0.25, 0.3) is 0 Å². The van der Waals surface area contributed by atoms with Crippen molar-refractivity contribution in [3.8, 4) is 5.75 Å². The Balaban J connectivity index is 1.64. The van der Waals surface area contributed by atoms with Gasteiger partial charge < -0.3 is 30.3 Å². The second-order valence-corrected chi connectivity index (χ2v) is 10.4. The zero-order valence-corrected chi connectivity index (χ0v) is 23.0. The van der Waals surface area contributed by atoms with Crippen molar-refractivity contribution in [3.05, 3.63) is 57.1 Å². The van der Waals surface area contributed by atoms with Gasteiger partial charge in [0.25, 0.3) is 5.69 Å².